The van der Waals surface area contributed by atoms with Crippen molar-refractivity contribution >= 4 is 28.2 Å². The maximum atomic E-state index is 6.00. The van der Waals surface area contributed by atoms with Crippen molar-refractivity contribution < 1.29 is 0 Å². The van der Waals surface area contributed by atoms with Gasteiger partial charge in [0.1, 0.15) is 0 Å². The summed E-state index contributed by atoms with van der Waals surface area (Å²) in [6.07, 6.45) is 4.67. The monoisotopic (exact) mass is 297 g/mol. The Hall–Kier alpha value is -2.13. The van der Waals surface area contributed by atoms with E-state index in [1.54, 1.807) is 6.20 Å². The van der Waals surface area contributed by atoms with Crippen LogP contribution in [0.1, 0.15) is 11.3 Å². The highest BCUT2D eigenvalue weighted by Crippen LogP contribution is 2.24. The molecule has 0 spiro atoms. The van der Waals surface area contributed by atoms with E-state index in [4.69, 9.17) is 11.6 Å². The number of rotatable bonds is 4. The normalized spacial score (nSPS) is 10.8. The zero-order valence-electron chi connectivity index (χ0n) is 11.8. The number of hydrogen-bond donors (Lipinski definition) is 1. The summed E-state index contributed by atoms with van der Waals surface area (Å²) in [7, 11) is 0. The summed E-state index contributed by atoms with van der Waals surface area (Å²) in [5, 5.41) is 5.25. The molecule has 0 saturated carbocycles. The molecule has 1 aromatic carbocycles. The van der Waals surface area contributed by atoms with Gasteiger partial charge in [0.15, 0.2) is 0 Å². The summed E-state index contributed by atoms with van der Waals surface area (Å²) in [5.74, 6) is 0. The van der Waals surface area contributed by atoms with E-state index in [9.17, 15) is 0 Å². The van der Waals surface area contributed by atoms with Gasteiger partial charge in [-0.1, -0.05) is 17.7 Å². The smallest absolute Gasteiger partial charge is 0.0737 e. The molecule has 0 aliphatic heterocycles. The fraction of sp³-hybridized carbons (Fsp3) is 0.176. The molecule has 0 aliphatic carbocycles. The van der Waals surface area contributed by atoms with Crippen molar-refractivity contribution in [3.05, 3.63) is 65.1 Å². The molecule has 21 heavy (non-hydrogen) atoms. The van der Waals surface area contributed by atoms with Crippen LogP contribution in [0.5, 0.6) is 0 Å². The van der Waals surface area contributed by atoms with Gasteiger partial charge in [-0.15, -0.1) is 0 Å². The van der Waals surface area contributed by atoms with Crippen molar-refractivity contribution in [2.75, 3.05) is 11.9 Å². The van der Waals surface area contributed by atoms with Gasteiger partial charge >= 0.3 is 0 Å². The number of halogens is 1. The summed E-state index contributed by atoms with van der Waals surface area (Å²) < 4.78 is 0. The van der Waals surface area contributed by atoms with Gasteiger partial charge < -0.3 is 5.32 Å². The molecular weight excluding hydrogens is 282 g/mol. The fourth-order valence-electron chi connectivity index (χ4n) is 2.26. The molecule has 4 heteroatoms. The fourth-order valence-corrected chi connectivity index (χ4v) is 2.43. The maximum Gasteiger partial charge on any atom is 0.0737 e. The third-order valence-electron chi connectivity index (χ3n) is 3.41. The van der Waals surface area contributed by atoms with E-state index in [0.29, 0.717) is 5.02 Å². The summed E-state index contributed by atoms with van der Waals surface area (Å²) in [5.41, 5.74) is 4.26. The van der Waals surface area contributed by atoms with E-state index in [1.807, 2.05) is 43.5 Å². The van der Waals surface area contributed by atoms with Crippen molar-refractivity contribution in [2.24, 2.45) is 0 Å². The first-order valence-corrected chi connectivity index (χ1v) is 7.30. The summed E-state index contributed by atoms with van der Waals surface area (Å²) in [4.78, 5) is 8.66. The number of fused-ring (bicyclic) bond motifs is 1. The van der Waals surface area contributed by atoms with Gasteiger partial charge in [0.25, 0.3) is 0 Å². The number of aromatic nitrogens is 2. The molecule has 0 radical (unpaired) electrons. The molecule has 0 unspecified atom stereocenters. The van der Waals surface area contributed by atoms with Gasteiger partial charge in [-0.2, -0.15) is 0 Å². The average molecular weight is 298 g/mol. The molecule has 0 fully saturated rings. The van der Waals surface area contributed by atoms with Crippen LogP contribution in [0.25, 0.3) is 10.9 Å². The number of pyridine rings is 2. The van der Waals surface area contributed by atoms with Gasteiger partial charge in [0.2, 0.25) is 0 Å². The molecule has 0 aliphatic rings. The molecule has 3 aromatic rings. The number of anilines is 1. The third kappa shape index (κ3) is 3.31. The topological polar surface area (TPSA) is 37.8 Å². The van der Waals surface area contributed by atoms with Crippen LogP contribution in [-0.4, -0.2) is 16.5 Å². The van der Waals surface area contributed by atoms with Crippen LogP contribution in [0.3, 0.4) is 0 Å². The number of benzene rings is 1. The molecular formula is C17H16ClN3. The van der Waals surface area contributed by atoms with Crippen LogP contribution < -0.4 is 5.32 Å². The van der Waals surface area contributed by atoms with E-state index >= 15 is 0 Å². The van der Waals surface area contributed by atoms with Crippen LogP contribution in [-0.2, 0) is 6.42 Å². The quantitative estimate of drug-likeness (QED) is 0.782. The lowest BCUT2D eigenvalue weighted by atomic mass is 10.1. The number of nitrogens with zero attached hydrogens (tertiary/aromatic N) is 2. The highest BCUT2D eigenvalue weighted by molar-refractivity contribution is 6.31. The average Bonchev–Trinajstić information content (AvgIpc) is 2.49. The summed E-state index contributed by atoms with van der Waals surface area (Å²) in [6.45, 7) is 2.85. The maximum absolute atomic E-state index is 6.00. The Morgan fingerprint density at radius 3 is 2.81 bits per heavy atom. The van der Waals surface area contributed by atoms with E-state index in [-0.39, 0.29) is 0 Å². The standard InChI is InChI=1S/C17H16ClN3/c1-12-2-3-13(11-21-12)6-8-19-16-7-9-20-17-10-14(18)4-5-15(16)17/h2-5,7,9-11H,6,8H2,1H3,(H,19,20). The first-order valence-electron chi connectivity index (χ1n) is 6.92. The summed E-state index contributed by atoms with van der Waals surface area (Å²) >= 11 is 6.00. The van der Waals surface area contributed by atoms with E-state index in [0.717, 1.165) is 35.2 Å². The Kier molecular flexibility index (Phi) is 4.02. The zero-order valence-corrected chi connectivity index (χ0v) is 12.6. The van der Waals surface area contributed by atoms with Crippen molar-refractivity contribution in [1.29, 1.82) is 0 Å². The lowest BCUT2D eigenvalue weighted by Gasteiger charge is -2.09. The van der Waals surface area contributed by atoms with Gasteiger partial charge in [-0.25, -0.2) is 0 Å². The SMILES string of the molecule is Cc1ccc(CCNc2ccnc3cc(Cl)ccc23)cn1. The Morgan fingerprint density at radius 2 is 2.00 bits per heavy atom. The largest absolute Gasteiger partial charge is 0.384 e. The van der Waals surface area contributed by atoms with Crippen molar-refractivity contribution in [2.45, 2.75) is 13.3 Å². The van der Waals surface area contributed by atoms with Crippen LogP contribution in [0.15, 0.2) is 48.8 Å². The first-order chi connectivity index (χ1) is 10.2. The number of nitrogens with one attached hydrogen (secondary N) is 1. The highest BCUT2D eigenvalue weighted by Gasteiger charge is 2.02. The second kappa shape index (κ2) is 6.10. The van der Waals surface area contributed by atoms with E-state index < -0.39 is 0 Å². The van der Waals surface area contributed by atoms with Crippen molar-refractivity contribution in [1.82, 2.24) is 9.97 Å². The Balaban J connectivity index is 1.72. The second-order valence-corrected chi connectivity index (χ2v) is 5.44. The second-order valence-electron chi connectivity index (χ2n) is 5.00. The molecule has 2 aromatic heterocycles. The van der Waals surface area contributed by atoms with Gasteiger partial charge in [-0.05, 0) is 49.2 Å². The minimum atomic E-state index is 0.706. The molecule has 0 amide bonds. The van der Waals surface area contributed by atoms with Gasteiger partial charge in [0, 0.05) is 40.7 Å². The minimum Gasteiger partial charge on any atom is -0.384 e. The van der Waals surface area contributed by atoms with Crippen molar-refractivity contribution in [3.8, 4) is 0 Å². The Labute approximate surface area is 129 Å². The number of hydrogen-bond acceptors (Lipinski definition) is 3. The molecule has 3 nitrogen and oxygen atoms in total. The zero-order chi connectivity index (χ0) is 14.7. The van der Waals surface area contributed by atoms with Gasteiger partial charge in [-0.3, -0.25) is 9.97 Å². The minimum absolute atomic E-state index is 0.706. The first kappa shape index (κ1) is 13.8. The molecule has 2 heterocycles. The third-order valence-corrected chi connectivity index (χ3v) is 3.64. The molecule has 3 rings (SSSR count). The van der Waals surface area contributed by atoms with Crippen LogP contribution >= 0.6 is 11.6 Å². The van der Waals surface area contributed by atoms with Gasteiger partial charge in [0.05, 0.1) is 5.52 Å². The lowest BCUT2D eigenvalue weighted by Crippen LogP contribution is -2.05. The number of aryl methyl sites for hydroxylation is 1. The van der Waals surface area contributed by atoms with Crippen LogP contribution in [0.4, 0.5) is 5.69 Å². The van der Waals surface area contributed by atoms with Crippen LogP contribution in [0, 0.1) is 6.92 Å². The highest BCUT2D eigenvalue weighted by atomic mass is 35.5. The van der Waals surface area contributed by atoms with Crippen LogP contribution in [0.2, 0.25) is 5.02 Å². The Bertz CT molecular complexity index is 754. The van der Waals surface area contributed by atoms with E-state index in [1.165, 1.54) is 5.56 Å². The van der Waals surface area contributed by atoms with Crippen molar-refractivity contribution in [3.63, 3.8) is 0 Å². The predicted molar refractivity (Wildman–Crippen MR) is 87.9 cm³/mol. The Morgan fingerprint density at radius 1 is 1.10 bits per heavy atom. The van der Waals surface area contributed by atoms with E-state index in [2.05, 4.69) is 21.4 Å². The summed E-state index contributed by atoms with van der Waals surface area (Å²) in [6, 6.07) is 11.9. The molecule has 0 saturated heterocycles. The molecule has 0 atom stereocenters. The lowest BCUT2D eigenvalue weighted by molar-refractivity contribution is 0.998. The predicted octanol–water partition coefficient (Wildman–Crippen LogP) is 4.25. The molecule has 0 bridgehead atoms. The molecule has 106 valence electrons. The molecule has 1 N–H and O–H groups in total.